The van der Waals surface area contributed by atoms with Crippen molar-refractivity contribution in [3.8, 4) is 5.75 Å². The molecule has 2 atom stereocenters. The highest BCUT2D eigenvalue weighted by molar-refractivity contribution is 9.10. The fourth-order valence-electron chi connectivity index (χ4n) is 4.70. The zero-order chi connectivity index (χ0) is 23.0. The van der Waals surface area contributed by atoms with Crippen molar-refractivity contribution in [3.05, 3.63) is 58.3 Å². The van der Waals surface area contributed by atoms with Crippen LogP contribution in [0, 0.1) is 5.82 Å². The van der Waals surface area contributed by atoms with E-state index in [1.54, 1.807) is 6.07 Å². The van der Waals surface area contributed by atoms with E-state index in [0.29, 0.717) is 36.1 Å². The number of benzene rings is 2. The Kier molecular flexibility index (Phi) is 6.27. The maximum absolute atomic E-state index is 14.0. The Morgan fingerprint density at radius 3 is 2.75 bits per heavy atom. The number of carbonyl (C=O) groups is 2. The minimum absolute atomic E-state index is 0.0323. The zero-order valence-electron chi connectivity index (χ0n) is 18.4. The molecule has 170 valence electrons. The van der Waals surface area contributed by atoms with Gasteiger partial charge in [0.05, 0.1) is 11.8 Å². The molecule has 2 aliphatic heterocycles. The minimum atomic E-state index is -1.04. The molecule has 0 saturated carbocycles. The average molecular weight is 504 g/mol. The Balaban J connectivity index is 1.56. The van der Waals surface area contributed by atoms with E-state index in [1.807, 2.05) is 32.0 Å². The largest absolute Gasteiger partial charge is 0.491 e. The van der Waals surface area contributed by atoms with Crippen LogP contribution < -0.4 is 15.0 Å². The van der Waals surface area contributed by atoms with Crippen molar-refractivity contribution in [2.24, 2.45) is 0 Å². The standard InChI is InChI=1S/C24H27BrFN3O3/c1-15(2)32-19-6-4-5-17(11-19)14-28-10-9-24(13-16(28)3)22(30)27-23(31)29(24)21-12-18(26)7-8-20(21)25/h4-8,11-12,15-16H,9-10,13-14H2,1-3H3,(H,27,30,31)/t16-,24+/m0/s1. The summed E-state index contributed by atoms with van der Waals surface area (Å²) in [6, 6.07) is 11.7. The summed E-state index contributed by atoms with van der Waals surface area (Å²) in [7, 11) is 0. The molecule has 0 aliphatic carbocycles. The summed E-state index contributed by atoms with van der Waals surface area (Å²) < 4.78 is 20.4. The van der Waals surface area contributed by atoms with Gasteiger partial charge < -0.3 is 4.74 Å². The number of nitrogens with zero attached hydrogens (tertiary/aromatic N) is 2. The van der Waals surface area contributed by atoms with Crippen LogP contribution in [0.5, 0.6) is 5.75 Å². The molecule has 0 bridgehead atoms. The van der Waals surface area contributed by atoms with Gasteiger partial charge in [0.15, 0.2) is 0 Å². The quantitative estimate of drug-likeness (QED) is 0.592. The molecule has 0 unspecified atom stereocenters. The lowest BCUT2D eigenvalue weighted by atomic mass is 9.81. The van der Waals surface area contributed by atoms with Crippen LogP contribution in [0.4, 0.5) is 14.9 Å². The highest BCUT2D eigenvalue weighted by Gasteiger charge is 2.56. The topological polar surface area (TPSA) is 61.9 Å². The van der Waals surface area contributed by atoms with Gasteiger partial charge in [-0.25, -0.2) is 9.18 Å². The summed E-state index contributed by atoms with van der Waals surface area (Å²) in [6.07, 6.45) is 1.01. The van der Waals surface area contributed by atoms with Crippen LogP contribution in [0.2, 0.25) is 0 Å². The Hall–Kier alpha value is -2.45. The summed E-state index contributed by atoms with van der Waals surface area (Å²) in [5.74, 6) is 0.0542. The maximum atomic E-state index is 14.0. The lowest BCUT2D eigenvalue weighted by Gasteiger charge is -2.46. The molecule has 2 aliphatic rings. The van der Waals surface area contributed by atoms with Crippen LogP contribution >= 0.6 is 15.9 Å². The molecule has 2 fully saturated rings. The van der Waals surface area contributed by atoms with Gasteiger partial charge in [0.2, 0.25) is 0 Å². The van der Waals surface area contributed by atoms with Gasteiger partial charge in [-0.1, -0.05) is 12.1 Å². The van der Waals surface area contributed by atoms with Gasteiger partial charge in [-0.05, 0) is 85.4 Å². The average Bonchev–Trinajstić information content (AvgIpc) is 2.95. The van der Waals surface area contributed by atoms with Crippen LogP contribution in [0.25, 0.3) is 0 Å². The second-order valence-corrected chi connectivity index (χ2v) is 9.66. The van der Waals surface area contributed by atoms with Crippen molar-refractivity contribution in [1.82, 2.24) is 10.2 Å². The molecule has 2 aromatic rings. The van der Waals surface area contributed by atoms with Crippen molar-refractivity contribution in [2.75, 3.05) is 11.4 Å². The van der Waals surface area contributed by atoms with Crippen LogP contribution in [-0.2, 0) is 11.3 Å². The predicted octanol–water partition coefficient (Wildman–Crippen LogP) is 4.85. The number of piperidine rings is 1. The molecule has 2 heterocycles. The summed E-state index contributed by atoms with van der Waals surface area (Å²) in [5, 5.41) is 2.45. The molecule has 4 rings (SSSR count). The number of likely N-dealkylation sites (tertiary alicyclic amines) is 1. The number of amides is 3. The number of hydrogen-bond donors (Lipinski definition) is 1. The van der Waals surface area contributed by atoms with Crippen molar-refractivity contribution in [3.63, 3.8) is 0 Å². The SMILES string of the molecule is CC(C)Oc1cccc(CN2CC[C@@]3(C[C@@H]2C)C(=O)NC(=O)N3c2cc(F)ccc2Br)c1. The Morgan fingerprint density at radius 1 is 1.25 bits per heavy atom. The van der Waals surface area contributed by atoms with Gasteiger partial charge >= 0.3 is 6.03 Å². The van der Waals surface area contributed by atoms with Crippen molar-refractivity contribution >= 4 is 33.6 Å². The highest BCUT2D eigenvalue weighted by atomic mass is 79.9. The molecule has 0 aromatic heterocycles. The molecule has 2 saturated heterocycles. The van der Waals surface area contributed by atoms with E-state index in [2.05, 4.69) is 39.1 Å². The second-order valence-electron chi connectivity index (χ2n) is 8.81. The van der Waals surface area contributed by atoms with Gasteiger partial charge in [-0.3, -0.25) is 19.9 Å². The first-order valence-electron chi connectivity index (χ1n) is 10.8. The van der Waals surface area contributed by atoms with Gasteiger partial charge in [0.25, 0.3) is 5.91 Å². The van der Waals surface area contributed by atoms with E-state index in [4.69, 9.17) is 4.74 Å². The number of urea groups is 1. The Bertz CT molecular complexity index is 1050. The summed E-state index contributed by atoms with van der Waals surface area (Å²) in [6.45, 7) is 7.39. The fraction of sp³-hybridized carbons (Fsp3) is 0.417. The lowest BCUT2D eigenvalue weighted by molar-refractivity contribution is -0.125. The van der Waals surface area contributed by atoms with E-state index < -0.39 is 17.4 Å². The fourth-order valence-corrected chi connectivity index (χ4v) is 5.12. The molecule has 32 heavy (non-hydrogen) atoms. The van der Waals surface area contributed by atoms with E-state index in [1.165, 1.54) is 17.0 Å². The Morgan fingerprint density at radius 2 is 2.03 bits per heavy atom. The molecule has 2 aromatic carbocycles. The van der Waals surface area contributed by atoms with Gasteiger partial charge in [0.1, 0.15) is 17.1 Å². The van der Waals surface area contributed by atoms with Crippen LogP contribution in [0.15, 0.2) is 46.9 Å². The number of ether oxygens (including phenoxy) is 1. The third-order valence-electron chi connectivity index (χ3n) is 6.15. The first-order valence-corrected chi connectivity index (χ1v) is 11.6. The smallest absolute Gasteiger partial charge is 0.329 e. The highest BCUT2D eigenvalue weighted by Crippen LogP contribution is 2.42. The number of hydrogen-bond acceptors (Lipinski definition) is 4. The van der Waals surface area contributed by atoms with E-state index in [9.17, 15) is 14.0 Å². The summed E-state index contributed by atoms with van der Waals surface area (Å²) in [5.41, 5.74) is 0.460. The lowest BCUT2D eigenvalue weighted by Crippen LogP contribution is -2.59. The molecular formula is C24H27BrFN3O3. The Labute approximate surface area is 195 Å². The third-order valence-corrected chi connectivity index (χ3v) is 6.82. The second kappa shape index (κ2) is 8.83. The van der Waals surface area contributed by atoms with E-state index in [-0.39, 0.29) is 18.1 Å². The number of halogens is 2. The predicted molar refractivity (Wildman–Crippen MR) is 124 cm³/mol. The van der Waals surface area contributed by atoms with Gasteiger partial charge in [-0.2, -0.15) is 0 Å². The van der Waals surface area contributed by atoms with E-state index >= 15 is 0 Å². The van der Waals surface area contributed by atoms with Crippen LogP contribution in [0.3, 0.4) is 0 Å². The third kappa shape index (κ3) is 4.26. The molecule has 3 amide bonds. The number of rotatable bonds is 5. The first kappa shape index (κ1) is 22.7. The van der Waals surface area contributed by atoms with Crippen molar-refractivity contribution in [2.45, 2.75) is 57.8 Å². The monoisotopic (exact) mass is 503 g/mol. The molecule has 1 N–H and O–H groups in total. The molecule has 0 radical (unpaired) electrons. The van der Waals surface area contributed by atoms with Crippen LogP contribution in [0.1, 0.15) is 39.2 Å². The summed E-state index contributed by atoms with van der Waals surface area (Å²) in [4.78, 5) is 29.5. The number of nitrogens with one attached hydrogen (secondary N) is 1. The van der Waals surface area contributed by atoms with Crippen molar-refractivity contribution in [1.29, 1.82) is 0 Å². The molecule has 1 spiro atoms. The number of imide groups is 1. The first-order chi connectivity index (χ1) is 15.2. The summed E-state index contributed by atoms with van der Waals surface area (Å²) >= 11 is 3.41. The molecule has 6 nitrogen and oxygen atoms in total. The number of anilines is 1. The van der Waals surface area contributed by atoms with Gasteiger partial charge in [0, 0.05) is 23.6 Å². The zero-order valence-corrected chi connectivity index (χ0v) is 20.0. The van der Waals surface area contributed by atoms with Gasteiger partial charge in [-0.15, -0.1) is 0 Å². The molecule has 8 heteroatoms. The minimum Gasteiger partial charge on any atom is -0.491 e. The normalized spacial score (nSPS) is 23.8. The molecular weight excluding hydrogens is 477 g/mol. The maximum Gasteiger partial charge on any atom is 0.329 e. The number of carbonyl (C=O) groups excluding carboxylic acids is 2. The van der Waals surface area contributed by atoms with E-state index in [0.717, 1.165) is 11.3 Å². The van der Waals surface area contributed by atoms with Crippen LogP contribution in [-0.4, -0.2) is 41.1 Å². The van der Waals surface area contributed by atoms with Crippen molar-refractivity contribution < 1.29 is 18.7 Å².